The van der Waals surface area contributed by atoms with Crippen molar-refractivity contribution in [2.45, 2.75) is 36.0 Å². The van der Waals surface area contributed by atoms with Crippen molar-refractivity contribution in [1.82, 2.24) is 9.80 Å². The van der Waals surface area contributed by atoms with Gasteiger partial charge in [0.25, 0.3) is 0 Å². The number of ether oxygens (including phenoxy) is 2. The number of hydrogen-bond donors (Lipinski definition) is 4. The molecule has 0 spiro atoms. The summed E-state index contributed by atoms with van der Waals surface area (Å²) in [5, 5.41) is 45.7. The van der Waals surface area contributed by atoms with Crippen molar-refractivity contribution >= 4 is 12.2 Å². The van der Waals surface area contributed by atoms with E-state index in [2.05, 4.69) is 0 Å². The van der Waals surface area contributed by atoms with E-state index in [-0.39, 0.29) is 0 Å². The average molecular weight is 551 g/mol. The van der Waals surface area contributed by atoms with Gasteiger partial charge in [0.05, 0.1) is 64.8 Å². The molecule has 2 aromatic carbocycles. The molecule has 2 saturated carbocycles. The normalized spacial score (nSPS) is 43.1. The van der Waals surface area contributed by atoms with Crippen LogP contribution in [0.25, 0.3) is 0 Å². The van der Waals surface area contributed by atoms with Crippen molar-refractivity contribution in [2.75, 3.05) is 40.6 Å². The van der Waals surface area contributed by atoms with Gasteiger partial charge >= 0.3 is 12.2 Å². The van der Waals surface area contributed by atoms with E-state index >= 15 is 0 Å². The summed E-state index contributed by atoms with van der Waals surface area (Å²) in [6.07, 6.45) is -1.30. The lowest BCUT2D eigenvalue weighted by Crippen LogP contribution is -3.08. The van der Waals surface area contributed by atoms with Gasteiger partial charge in [-0.05, 0) is 11.1 Å². The van der Waals surface area contributed by atoms with Crippen LogP contribution >= 0.6 is 0 Å². The molecule has 2 amide bonds. The van der Waals surface area contributed by atoms with Gasteiger partial charge in [0, 0.05) is 33.5 Å². The molecule has 10 heteroatoms. The number of amides is 2. The highest BCUT2D eigenvalue weighted by molar-refractivity contribution is 5.78. The number of benzene rings is 2. The Balaban J connectivity index is 1.63. The second-order valence-corrected chi connectivity index (χ2v) is 12.1. The zero-order valence-electron chi connectivity index (χ0n) is 22.4. The first kappa shape index (κ1) is 25.8. The molecule has 0 unspecified atom stereocenters. The Morgan fingerprint density at radius 2 is 0.875 bits per heavy atom. The van der Waals surface area contributed by atoms with E-state index in [1.807, 2.05) is 60.7 Å². The highest BCUT2D eigenvalue weighted by Crippen LogP contribution is 2.91. The molecule has 6 fully saturated rings. The van der Waals surface area contributed by atoms with Crippen molar-refractivity contribution in [3.63, 3.8) is 0 Å². The Kier molecular flexibility index (Phi) is 5.28. The van der Waals surface area contributed by atoms with Crippen LogP contribution in [0.3, 0.4) is 0 Å². The van der Waals surface area contributed by atoms with E-state index in [1.54, 1.807) is 9.80 Å². The number of piperidine rings is 4. The fourth-order valence-electron chi connectivity index (χ4n) is 11.3. The summed E-state index contributed by atoms with van der Waals surface area (Å²) in [6, 6.07) is 16.0. The summed E-state index contributed by atoms with van der Waals surface area (Å²) in [6.45, 7) is -1.67. The van der Waals surface area contributed by atoms with Crippen LogP contribution in [-0.4, -0.2) is 107 Å². The summed E-state index contributed by atoms with van der Waals surface area (Å²) in [7, 11) is 2.56. The van der Waals surface area contributed by atoms with Crippen molar-refractivity contribution in [1.29, 1.82) is 0 Å². The van der Waals surface area contributed by atoms with Gasteiger partial charge in [-0.2, -0.15) is 0 Å². The van der Waals surface area contributed by atoms with Crippen molar-refractivity contribution in [3.8, 4) is 0 Å². The molecule has 40 heavy (non-hydrogen) atoms. The lowest BCUT2D eigenvalue weighted by Gasteiger charge is -2.97. The van der Waals surface area contributed by atoms with Crippen LogP contribution in [0, 0.1) is 21.7 Å². The predicted octanol–water partition coefficient (Wildman–Crippen LogP) is 1.15. The first-order valence-electron chi connectivity index (χ1n) is 13.7. The molecule has 0 aromatic heterocycles. The minimum Gasteiger partial charge on any atom is -0.453 e. The number of carbonyl (C=O) groups excluding carboxylic acids is 2. The van der Waals surface area contributed by atoms with E-state index in [0.29, 0.717) is 0 Å². The maximum absolute atomic E-state index is 13.7. The number of rotatable bonds is 6. The average Bonchev–Trinajstić information content (AvgIpc) is 2.99. The van der Waals surface area contributed by atoms with Crippen molar-refractivity contribution in [2.24, 2.45) is 21.7 Å². The molecule has 8 bridgehead atoms. The minimum atomic E-state index is -1.16. The summed E-state index contributed by atoms with van der Waals surface area (Å²) < 4.78 is 10.6. The van der Waals surface area contributed by atoms with Gasteiger partial charge in [0.1, 0.15) is 0 Å². The molecule has 0 atom stereocenters. The highest BCUT2D eigenvalue weighted by Gasteiger charge is 3.01. The smallest absolute Gasteiger partial charge is 0.410 e. The van der Waals surface area contributed by atoms with E-state index in [9.17, 15) is 30.0 Å². The van der Waals surface area contributed by atoms with E-state index in [1.165, 1.54) is 14.2 Å². The molecule has 0 radical (unpaired) electrons. The van der Waals surface area contributed by atoms with Gasteiger partial charge in [-0.25, -0.2) is 9.59 Å². The summed E-state index contributed by atoms with van der Waals surface area (Å²) in [4.78, 5) is 30.6. The summed E-state index contributed by atoms with van der Waals surface area (Å²) >= 11 is 0. The Labute approximate surface area is 231 Å². The van der Waals surface area contributed by atoms with Crippen LogP contribution in [0.1, 0.15) is 23.0 Å². The van der Waals surface area contributed by atoms with Crippen LogP contribution < -0.4 is 0 Å². The van der Waals surface area contributed by atoms with E-state index in [0.717, 1.165) is 11.1 Å². The molecule has 4 saturated heterocycles. The first-order chi connectivity index (χ1) is 19.4. The number of carbonyl (C=O) groups is 2. The summed E-state index contributed by atoms with van der Waals surface area (Å²) in [5.74, 6) is -0.974. The fourth-order valence-corrected chi connectivity index (χ4v) is 11.3. The van der Waals surface area contributed by atoms with Crippen LogP contribution in [0.15, 0.2) is 60.7 Å². The molecular weight excluding hydrogens is 516 g/mol. The Morgan fingerprint density at radius 3 is 1.10 bits per heavy atom. The highest BCUT2D eigenvalue weighted by atomic mass is 16.5. The first-order valence-corrected chi connectivity index (χ1v) is 13.7. The third kappa shape index (κ3) is 2.26. The molecule has 2 aromatic rings. The van der Waals surface area contributed by atoms with Crippen molar-refractivity contribution < 1.29 is 39.5 Å². The quantitative estimate of drug-likeness (QED) is 0.420. The van der Waals surface area contributed by atoms with Gasteiger partial charge in [0.15, 0.2) is 0 Å². The van der Waals surface area contributed by atoms with Crippen LogP contribution in [-0.2, 0) is 9.47 Å². The molecule has 8 rings (SSSR count). The molecular formula is C30H34N2O8. The van der Waals surface area contributed by atoms with Crippen LogP contribution in [0.2, 0.25) is 0 Å². The third-order valence-corrected chi connectivity index (χ3v) is 11.5. The Hall–Kier alpha value is -3.18. The van der Waals surface area contributed by atoms with Crippen LogP contribution in [0.5, 0.6) is 0 Å². The Bertz CT molecular complexity index is 1180. The maximum atomic E-state index is 13.7. The molecule has 10 nitrogen and oxygen atoms in total. The number of methoxy groups -OCH3 is 2. The Morgan fingerprint density at radius 1 is 0.600 bits per heavy atom. The van der Waals surface area contributed by atoms with Gasteiger partial charge < -0.3 is 29.9 Å². The lowest BCUT2D eigenvalue weighted by atomic mass is 9.16. The summed E-state index contributed by atoms with van der Waals surface area (Å²) in [5.41, 5.74) is -2.90. The van der Waals surface area contributed by atoms with E-state index in [4.69, 9.17) is 9.47 Å². The zero-order chi connectivity index (χ0) is 28.2. The van der Waals surface area contributed by atoms with Gasteiger partial charge in [-0.1, -0.05) is 60.7 Å². The van der Waals surface area contributed by atoms with Gasteiger partial charge in [-0.3, -0.25) is 9.80 Å². The SMILES string of the molecule is COC(=O)N1C2C3(CO)C(c4ccccc4)C4(CO)C1C1(CO)C(c5ccccc5)C2(CO)C3N(C(=O)OC)C41. The van der Waals surface area contributed by atoms with Crippen LogP contribution in [0.4, 0.5) is 9.59 Å². The second-order valence-electron chi connectivity index (χ2n) is 12.1. The molecule has 4 N–H and O–H groups in total. The van der Waals surface area contributed by atoms with Gasteiger partial charge in [0.2, 0.25) is 0 Å². The molecule has 212 valence electrons. The number of hydrogen-bond acceptors (Lipinski definition) is 8. The topological polar surface area (TPSA) is 140 Å². The van der Waals surface area contributed by atoms with Gasteiger partial charge in [-0.15, -0.1) is 0 Å². The molecule has 4 aliphatic heterocycles. The predicted molar refractivity (Wildman–Crippen MR) is 140 cm³/mol. The van der Waals surface area contributed by atoms with E-state index < -0.39 is 96.3 Å². The monoisotopic (exact) mass is 550 g/mol. The fraction of sp³-hybridized carbons (Fsp3) is 0.533. The maximum Gasteiger partial charge on any atom is 0.410 e. The zero-order valence-corrected chi connectivity index (χ0v) is 22.4. The standard InChI is InChI=1S/C30H34N2O8/c1-39-25(37)31-21-27(13-33)19(17-9-5-3-6-10-17)28(14-34)22(31)30(16-36)20(18-11-7-4-8-12-18)29(21,15-35)23(27)32(24(28)30)26(38)40-2/h3-12,19-24,33-36H,13-16H2,1-2H3. The number of aliphatic hydroxyl groups is 4. The number of nitrogens with zero attached hydrogens (tertiary/aromatic N) is 2. The molecule has 4 heterocycles. The molecule has 2 aliphatic carbocycles. The third-order valence-electron chi connectivity index (χ3n) is 11.5. The number of aliphatic hydroxyl groups excluding tert-OH is 4. The minimum absolute atomic E-state index is 0.417. The molecule has 6 aliphatic rings. The second kappa shape index (κ2) is 8.19. The largest absolute Gasteiger partial charge is 0.453 e. The lowest BCUT2D eigenvalue weighted by molar-refractivity contribution is -0.474. The van der Waals surface area contributed by atoms with Crippen molar-refractivity contribution in [3.05, 3.63) is 71.8 Å².